The fourth-order valence-corrected chi connectivity index (χ4v) is 5.90. The van der Waals surface area contributed by atoms with Crippen LogP contribution < -0.4 is 0 Å². The van der Waals surface area contributed by atoms with Crippen molar-refractivity contribution >= 4 is 22.4 Å². The lowest BCUT2D eigenvalue weighted by Crippen LogP contribution is -2.40. The maximum absolute atomic E-state index is 14.1. The normalized spacial score (nSPS) is 21.2. The van der Waals surface area contributed by atoms with E-state index in [-0.39, 0.29) is 24.1 Å². The molecule has 6 nitrogen and oxygen atoms in total. The van der Waals surface area contributed by atoms with E-state index in [2.05, 4.69) is 10.1 Å². The Bertz CT molecular complexity index is 1540. The number of hydrogen-bond acceptors (Lipinski definition) is 5. The number of fused-ring (bicyclic) bond motifs is 2. The third-order valence-electron chi connectivity index (χ3n) is 7.65. The van der Waals surface area contributed by atoms with Crippen LogP contribution in [0.5, 0.6) is 0 Å². The van der Waals surface area contributed by atoms with Crippen molar-refractivity contribution < 1.29 is 14.3 Å². The van der Waals surface area contributed by atoms with Crippen molar-refractivity contribution in [3.63, 3.8) is 0 Å². The fraction of sp³-hybridized carbons (Fsp3) is 0.333. The molecule has 7 heteroatoms. The summed E-state index contributed by atoms with van der Waals surface area (Å²) < 4.78 is 15.7. The van der Waals surface area contributed by atoms with E-state index in [9.17, 15) is 14.3 Å². The van der Waals surface area contributed by atoms with Gasteiger partial charge in [0.05, 0.1) is 24.4 Å². The summed E-state index contributed by atoms with van der Waals surface area (Å²) in [6.45, 7) is 2.86. The SMILES string of the molecule is Cc1cc(C2=NCc3ccc(C(=O)C[C@H]4CCC[C@@](O)(Cn5cc6cccc(F)c6n5)C4)cc32)ccn1. The summed E-state index contributed by atoms with van der Waals surface area (Å²) in [6, 6.07) is 14.7. The van der Waals surface area contributed by atoms with Gasteiger partial charge in [-0.2, -0.15) is 5.10 Å². The van der Waals surface area contributed by atoms with Crippen LogP contribution in [0.3, 0.4) is 0 Å². The Morgan fingerprint density at radius 3 is 2.95 bits per heavy atom. The Kier molecular flexibility index (Phi) is 5.95. The molecule has 1 fully saturated rings. The molecule has 1 N–H and O–H groups in total. The number of benzene rings is 2. The molecule has 0 unspecified atom stereocenters. The summed E-state index contributed by atoms with van der Waals surface area (Å²) in [7, 11) is 0. The summed E-state index contributed by atoms with van der Waals surface area (Å²) in [5.74, 6) is -0.199. The number of aliphatic imine (C=N–C) groups is 1. The van der Waals surface area contributed by atoms with Crippen LogP contribution in [0.2, 0.25) is 0 Å². The standard InChI is InChI=1S/C30H29FN4O2/c1-19-12-22(9-11-32-19)28-25-14-21(7-8-23(25)16-33-28)27(36)13-20-4-3-10-30(37,15-20)18-35-17-24-5-2-6-26(31)29(24)34-35/h2,5-9,11-12,14,17,20,37H,3-4,10,13,15-16,18H2,1H3/t20-,30+/m1/s1. The molecule has 37 heavy (non-hydrogen) atoms. The first kappa shape index (κ1) is 23.7. The summed E-state index contributed by atoms with van der Waals surface area (Å²) in [5, 5.41) is 16.5. The molecule has 1 saturated carbocycles. The molecule has 2 atom stereocenters. The van der Waals surface area contributed by atoms with E-state index < -0.39 is 5.60 Å². The Hall–Kier alpha value is -3.71. The first-order valence-corrected chi connectivity index (χ1v) is 12.8. The number of Topliss-reactive ketones (excluding diaryl/α,β-unsaturated/α-hetero) is 1. The van der Waals surface area contributed by atoms with Gasteiger partial charge < -0.3 is 5.11 Å². The van der Waals surface area contributed by atoms with Gasteiger partial charge in [-0.15, -0.1) is 0 Å². The van der Waals surface area contributed by atoms with Crippen molar-refractivity contribution in [2.75, 3.05) is 0 Å². The van der Waals surface area contributed by atoms with Gasteiger partial charge in [0.15, 0.2) is 11.6 Å². The molecule has 0 saturated heterocycles. The van der Waals surface area contributed by atoms with E-state index in [0.717, 1.165) is 40.9 Å². The van der Waals surface area contributed by atoms with E-state index in [1.807, 2.05) is 43.3 Å². The molecule has 3 heterocycles. The first-order valence-electron chi connectivity index (χ1n) is 12.8. The highest BCUT2D eigenvalue weighted by Gasteiger charge is 2.36. The van der Waals surface area contributed by atoms with Crippen molar-refractivity contribution in [3.05, 3.63) is 94.7 Å². The highest BCUT2D eigenvalue weighted by atomic mass is 19.1. The van der Waals surface area contributed by atoms with Gasteiger partial charge in [-0.1, -0.05) is 30.7 Å². The van der Waals surface area contributed by atoms with Crippen LogP contribution in [-0.2, 0) is 13.1 Å². The number of nitrogens with zero attached hydrogens (tertiary/aromatic N) is 4. The number of aliphatic hydroxyl groups is 1. The van der Waals surface area contributed by atoms with Crippen molar-refractivity contribution in [2.45, 2.75) is 57.7 Å². The summed E-state index contributed by atoms with van der Waals surface area (Å²) in [5.41, 5.74) is 5.00. The Labute approximate surface area is 214 Å². The van der Waals surface area contributed by atoms with E-state index in [1.165, 1.54) is 6.07 Å². The quantitative estimate of drug-likeness (QED) is 0.361. The van der Waals surface area contributed by atoms with Gasteiger partial charge in [0.2, 0.25) is 0 Å². The molecule has 0 amide bonds. The number of hydrogen-bond donors (Lipinski definition) is 1. The number of carbonyl (C=O) groups is 1. The van der Waals surface area contributed by atoms with Crippen LogP contribution >= 0.6 is 0 Å². The maximum atomic E-state index is 14.1. The second-order valence-electron chi connectivity index (χ2n) is 10.5. The third kappa shape index (κ3) is 4.71. The monoisotopic (exact) mass is 496 g/mol. The molecule has 2 aliphatic rings. The molecule has 2 aromatic heterocycles. The predicted molar refractivity (Wildman–Crippen MR) is 140 cm³/mol. The van der Waals surface area contributed by atoms with Crippen LogP contribution in [0, 0.1) is 18.7 Å². The lowest BCUT2D eigenvalue weighted by atomic mass is 9.75. The largest absolute Gasteiger partial charge is 0.388 e. The van der Waals surface area contributed by atoms with Crippen LogP contribution in [0.25, 0.3) is 10.9 Å². The van der Waals surface area contributed by atoms with E-state index in [4.69, 9.17) is 4.99 Å². The Balaban J connectivity index is 1.16. The molecular weight excluding hydrogens is 467 g/mol. The smallest absolute Gasteiger partial charge is 0.163 e. The highest BCUT2D eigenvalue weighted by molar-refractivity contribution is 6.16. The molecule has 1 aliphatic heterocycles. The molecule has 2 aromatic carbocycles. The lowest BCUT2D eigenvalue weighted by Gasteiger charge is -2.36. The third-order valence-corrected chi connectivity index (χ3v) is 7.65. The Morgan fingerprint density at radius 1 is 1.22 bits per heavy atom. The number of halogens is 1. The number of rotatable bonds is 6. The van der Waals surface area contributed by atoms with E-state index in [0.29, 0.717) is 42.3 Å². The number of pyridine rings is 1. The van der Waals surface area contributed by atoms with Crippen molar-refractivity contribution in [2.24, 2.45) is 10.9 Å². The zero-order chi connectivity index (χ0) is 25.6. The van der Waals surface area contributed by atoms with Crippen LogP contribution in [0.15, 0.2) is 65.9 Å². The molecular formula is C30H29FN4O2. The van der Waals surface area contributed by atoms with Gasteiger partial charge in [-0.05, 0) is 61.9 Å². The van der Waals surface area contributed by atoms with E-state index in [1.54, 1.807) is 23.1 Å². The maximum Gasteiger partial charge on any atom is 0.163 e. The van der Waals surface area contributed by atoms with Crippen molar-refractivity contribution in [1.82, 2.24) is 14.8 Å². The summed E-state index contributed by atoms with van der Waals surface area (Å²) in [4.78, 5) is 22.3. The number of aromatic nitrogens is 3. The molecule has 1 aliphatic carbocycles. The number of carbonyl (C=O) groups excluding carboxylic acids is 1. The van der Waals surface area contributed by atoms with Crippen molar-refractivity contribution in [1.29, 1.82) is 0 Å². The molecule has 188 valence electrons. The second-order valence-corrected chi connectivity index (χ2v) is 10.5. The molecule has 0 spiro atoms. The van der Waals surface area contributed by atoms with Crippen LogP contribution in [0.1, 0.15) is 64.8 Å². The van der Waals surface area contributed by atoms with E-state index >= 15 is 0 Å². The predicted octanol–water partition coefficient (Wildman–Crippen LogP) is 5.42. The van der Waals surface area contributed by atoms with Gasteiger partial charge in [0, 0.05) is 46.6 Å². The number of ketones is 1. The summed E-state index contributed by atoms with van der Waals surface area (Å²) in [6.07, 6.45) is 6.85. The lowest BCUT2D eigenvalue weighted by molar-refractivity contribution is -0.0325. The highest BCUT2D eigenvalue weighted by Crippen LogP contribution is 2.36. The van der Waals surface area contributed by atoms with Crippen LogP contribution in [-0.4, -0.2) is 37.0 Å². The second kappa shape index (κ2) is 9.30. The van der Waals surface area contributed by atoms with Gasteiger partial charge in [-0.3, -0.25) is 19.5 Å². The van der Waals surface area contributed by atoms with Crippen LogP contribution in [0.4, 0.5) is 4.39 Å². The fourth-order valence-electron chi connectivity index (χ4n) is 5.90. The topological polar surface area (TPSA) is 80.4 Å². The number of aryl methyl sites for hydroxylation is 1. The van der Waals surface area contributed by atoms with Crippen molar-refractivity contribution in [3.8, 4) is 0 Å². The minimum absolute atomic E-state index is 0.0807. The Morgan fingerprint density at radius 2 is 2.11 bits per heavy atom. The van der Waals surface area contributed by atoms with Gasteiger partial charge in [0.25, 0.3) is 0 Å². The minimum Gasteiger partial charge on any atom is -0.388 e. The zero-order valence-electron chi connectivity index (χ0n) is 20.8. The average Bonchev–Trinajstić information content (AvgIpc) is 3.48. The minimum atomic E-state index is -0.974. The van der Waals surface area contributed by atoms with Gasteiger partial charge in [0.1, 0.15) is 5.52 Å². The zero-order valence-corrected chi connectivity index (χ0v) is 20.8. The summed E-state index contributed by atoms with van der Waals surface area (Å²) >= 11 is 0. The molecule has 4 aromatic rings. The molecule has 0 radical (unpaired) electrons. The average molecular weight is 497 g/mol. The van der Waals surface area contributed by atoms with Gasteiger partial charge in [-0.25, -0.2) is 4.39 Å². The first-order chi connectivity index (χ1) is 17.9. The molecule has 0 bridgehead atoms. The van der Waals surface area contributed by atoms with Gasteiger partial charge >= 0.3 is 0 Å². The molecule has 6 rings (SSSR count).